The molecule has 1 aromatic rings. The van der Waals surface area contributed by atoms with Crippen molar-refractivity contribution in [3.8, 4) is 0 Å². The highest BCUT2D eigenvalue weighted by Crippen LogP contribution is 2.22. The number of carbonyl (C=O) groups is 1. The molecule has 1 saturated carbocycles. The van der Waals surface area contributed by atoms with Crippen molar-refractivity contribution < 1.29 is 4.79 Å². The Hall–Kier alpha value is -1.51. The number of amides is 1. The molecule has 0 aliphatic heterocycles. The van der Waals surface area contributed by atoms with Gasteiger partial charge in [0.05, 0.1) is 6.54 Å². The van der Waals surface area contributed by atoms with E-state index in [9.17, 15) is 4.79 Å². The minimum absolute atomic E-state index is 0.127. The predicted octanol–water partition coefficient (Wildman–Crippen LogP) is 3.44. The third kappa shape index (κ3) is 5.07. The average Bonchev–Trinajstić information content (AvgIpc) is 2.45. The van der Waals surface area contributed by atoms with E-state index in [4.69, 9.17) is 0 Å². The summed E-state index contributed by atoms with van der Waals surface area (Å²) in [7, 11) is 1.98. The van der Waals surface area contributed by atoms with Crippen LogP contribution >= 0.6 is 0 Å². The fourth-order valence-electron chi connectivity index (χ4n) is 3.18. The molecular weight excluding hydrogens is 260 g/mol. The molecule has 1 N–H and O–H groups in total. The van der Waals surface area contributed by atoms with Gasteiger partial charge in [-0.2, -0.15) is 0 Å². The second kappa shape index (κ2) is 7.48. The first-order chi connectivity index (χ1) is 10.0. The number of carbonyl (C=O) groups excluding carboxylic acids is 1. The van der Waals surface area contributed by atoms with Crippen LogP contribution in [0.3, 0.4) is 0 Å². The van der Waals surface area contributed by atoms with Gasteiger partial charge >= 0.3 is 0 Å². The zero-order valence-corrected chi connectivity index (χ0v) is 13.6. The van der Waals surface area contributed by atoms with Gasteiger partial charge in [-0.15, -0.1) is 0 Å². The van der Waals surface area contributed by atoms with Gasteiger partial charge < -0.3 is 10.2 Å². The molecule has 2 rings (SSSR count). The van der Waals surface area contributed by atoms with Gasteiger partial charge in [0.2, 0.25) is 5.91 Å². The molecule has 1 fully saturated rings. The largest absolute Gasteiger partial charge is 0.365 e. The van der Waals surface area contributed by atoms with Gasteiger partial charge in [-0.25, -0.2) is 0 Å². The molecule has 0 spiro atoms. The molecule has 0 unspecified atom stereocenters. The first-order valence-electron chi connectivity index (χ1n) is 8.11. The van der Waals surface area contributed by atoms with Crippen LogP contribution in [-0.2, 0) is 4.79 Å². The number of rotatable bonds is 5. The van der Waals surface area contributed by atoms with E-state index >= 15 is 0 Å². The van der Waals surface area contributed by atoms with Crippen molar-refractivity contribution in [1.82, 2.24) is 5.32 Å². The second-order valence-electron chi connectivity index (χ2n) is 6.51. The van der Waals surface area contributed by atoms with E-state index in [1.807, 2.05) is 11.9 Å². The number of aryl methyl sites for hydroxylation is 2. The molecule has 1 aromatic carbocycles. The molecule has 3 nitrogen and oxygen atoms in total. The standard InChI is InChI=1S/C18H28N2O/c1-14-9-15(2)11-17(10-14)20(3)13-18(21)19-12-16-7-5-4-6-8-16/h9-11,16H,4-8,12-13H2,1-3H3,(H,19,21). The maximum Gasteiger partial charge on any atom is 0.239 e. The molecule has 0 saturated heterocycles. The molecule has 116 valence electrons. The molecule has 1 amide bonds. The van der Waals surface area contributed by atoms with E-state index in [1.54, 1.807) is 0 Å². The van der Waals surface area contributed by atoms with Crippen molar-refractivity contribution in [2.45, 2.75) is 46.0 Å². The van der Waals surface area contributed by atoms with Gasteiger partial charge in [-0.05, 0) is 55.9 Å². The van der Waals surface area contributed by atoms with E-state index in [0.717, 1.165) is 12.2 Å². The van der Waals surface area contributed by atoms with Crippen molar-refractivity contribution in [2.75, 3.05) is 25.0 Å². The lowest BCUT2D eigenvalue weighted by Gasteiger charge is -2.23. The molecule has 1 aliphatic carbocycles. The summed E-state index contributed by atoms with van der Waals surface area (Å²) >= 11 is 0. The Balaban J connectivity index is 1.81. The van der Waals surface area contributed by atoms with Crippen molar-refractivity contribution in [1.29, 1.82) is 0 Å². The monoisotopic (exact) mass is 288 g/mol. The fraction of sp³-hybridized carbons (Fsp3) is 0.611. The summed E-state index contributed by atoms with van der Waals surface area (Å²) in [5.74, 6) is 0.816. The predicted molar refractivity (Wildman–Crippen MR) is 88.8 cm³/mol. The Morgan fingerprint density at radius 2 is 1.76 bits per heavy atom. The van der Waals surface area contributed by atoms with Crippen LogP contribution in [0.15, 0.2) is 18.2 Å². The molecule has 0 radical (unpaired) electrons. The number of nitrogens with zero attached hydrogens (tertiary/aromatic N) is 1. The third-order valence-corrected chi connectivity index (χ3v) is 4.34. The lowest BCUT2D eigenvalue weighted by molar-refractivity contribution is -0.119. The highest BCUT2D eigenvalue weighted by atomic mass is 16.2. The third-order valence-electron chi connectivity index (χ3n) is 4.34. The zero-order chi connectivity index (χ0) is 15.2. The Kier molecular flexibility index (Phi) is 5.66. The Labute approximate surface area is 128 Å². The first-order valence-corrected chi connectivity index (χ1v) is 8.11. The minimum Gasteiger partial charge on any atom is -0.365 e. The Morgan fingerprint density at radius 3 is 2.38 bits per heavy atom. The fourth-order valence-corrected chi connectivity index (χ4v) is 3.18. The highest BCUT2D eigenvalue weighted by Gasteiger charge is 2.15. The van der Waals surface area contributed by atoms with E-state index < -0.39 is 0 Å². The summed E-state index contributed by atoms with van der Waals surface area (Å²) < 4.78 is 0. The van der Waals surface area contributed by atoms with E-state index in [2.05, 4.69) is 37.4 Å². The summed E-state index contributed by atoms with van der Waals surface area (Å²) in [6.45, 7) is 5.45. The molecule has 0 aromatic heterocycles. The second-order valence-corrected chi connectivity index (χ2v) is 6.51. The zero-order valence-electron chi connectivity index (χ0n) is 13.6. The van der Waals surface area contributed by atoms with Crippen molar-refractivity contribution in [2.24, 2.45) is 5.92 Å². The molecule has 0 bridgehead atoms. The minimum atomic E-state index is 0.127. The van der Waals surface area contributed by atoms with Gasteiger partial charge in [-0.3, -0.25) is 4.79 Å². The molecule has 0 heterocycles. The van der Waals surface area contributed by atoms with Crippen LogP contribution in [0.1, 0.15) is 43.2 Å². The Morgan fingerprint density at radius 1 is 1.14 bits per heavy atom. The topological polar surface area (TPSA) is 32.3 Å². The van der Waals surface area contributed by atoms with E-state index in [0.29, 0.717) is 12.5 Å². The number of hydrogen-bond donors (Lipinski definition) is 1. The smallest absolute Gasteiger partial charge is 0.239 e. The van der Waals surface area contributed by atoms with Crippen LogP contribution in [-0.4, -0.2) is 26.0 Å². The van der Waals surface area contributed by atoms with Gasteiger partial charge in [0, 0.05) is 19.3 Å². The molecule has 21 heavy (non-hydrogen) atoms. The average molecular weight is 288 g/mol. The maximum absolute atomic E-state index is 12.1. The maximum atomic E-state index is 12.1. The lowest BCUT2D eigenvalue weighted by atomic mass is 9.89. The number of benzene rings is 1. The molecule has 3 heteroatoms. The van der Waals surface area contributed by atoms with E-state index in [1.165, 1.54) is 43.2 Å². The van der Waals surface area contributed by atoms with Crippen LogP contribution in [0.4, 0.5) is 5.69 Å². The molecule has 1 aliphatic rings. The Bertz CT molecular complexity index is 458. The van der Waals surface area contributed by atoms with Gasteiger partial charge in [-0.1, -0.05) is 25.3 Å². The van der Waals surface area contributed by atoms with Crippen molar-refractivity contribution >= 4 is 11.6 Å². The number of nitrogens with one attached hydrogen (secondary N) is 1. The van der Waals surface area contributed by atoms with Crippen LogP contribution in [0.25, 0.3) is 0 Å². The first kappa shape index (κ1) is 15.9. The number of likely N-dealkylation sites (N-methyl/N-ethyl adjacent to an activating group) is 1. The summed E-state index contributed by atoms with van der Waals surface area (Å²) in [5.41, 5.74) is 3.58. The highest BCUT2D eigenvalue weighted by molar-refractivity contribution is 5.81. The van der Waals surface area contributed by atoms with Crippen molar-refractivity contribution in [3.05, 3.63) is 29.3 Å². The van der Waals surface area contributed by atoms with Gasteiger partial charge in [0.15, 0.2) is 0 Å². The molecule has 0 atom stereocenters. The molecular formula is C18H28N2O. The normalized spacial score (nSPS) is 15.8. The van der Waals surface area contributed by atoms with Gasteiger partial charge in [0.1, 0.15) is 0 Å². The lowest BCUT2D eigenvalue weighted by Crippen LogP contribution is -2.38. The summed E-state index contributed by atoms with van der Waals surface area (Å²) in [4.78, 5) is 14.1. The van der Waals surface area contributed by atoms with Gasteiger partial charge in [0.25, 0.3) is 0 Å². The SMILES string of the molecule is Cc1cc(C)cc(N(C)CC(=O)NCC2CCCCC2)c1. The van der Waals surface area contributed by atoms with E-state index in [-0.39, 0.29) is 5.91 Å². The quantitative estimate of drug-likeness (QED) is 0.900. The van der Waals surface area contributed by atoms with Crippen LogP contribution in [0.2, 0.25) is 0 Å². The number of anilines is 1. The van der Waals surface area contributed by atoms with Crippen LogP contribution < -0.4 is 10.2 Å². The summed E-state index contributed by atoms with van der Waals surface area (Å²) in [5, 5.41) is 3.10. The number of hydrogen-bond acceptors (Lipinski definition) is 2. The van der Waals surface area contributed by atoms with Crippen LogP contribution in [0.5, 0.6) is 0 Å². The van der Waals surface area contributed by atoms with Crippen LogP contribution in [0, 0.1) is 19.8 Å². The van der Waals surface area contributed by atoms with Crippen molar-refractivity contribution in [3.63, 3.8) is 0 Å². The summed E-state index contributed by atoms with van der Waals surface area (Å²) in [6, 6.07) is 6.41. The summed E-state index contributed by atoms with van der Waals surface area (Å²) in [6.07, 6.45) is 6.55.